The Labute approximate surface area is 59.1 Å². The average molecular weight is 206 g/mol. The molecular formula is C5H11OSn. The summed E-state index contributed by atoms with van der Waals surface area (Å²) >= 11 is 1.19. The van der Waals surface area contributed by atoms with Crippen LogP contribution in [0.25, 0.3) is 0 Å². The molecule has 0 fully saturated rings. The summed E-state index contributed by atoms with van der Waals surface area (Å²) in [7, 11) is 0. The molecule has 3 radical (unpaired) electrons. The van der Waals surface area contributed by atoms with E-state index in [9.17, 15) is 0 Å². The summed E-state index contributed by atoms with van der Waals surface area (Å²) in [5, 5.41) is 0. The summed E-state index contributed by atoms with van der Waals surface area (Å²) in [6, 6.07) is 0. The van der Waals surface area contributed by atoms with Gasteiger partial charge in [-0.05, 0) is 0 Å². The Bertz CT molecular complexity index is 37.1. The van der Waals surface area contributed by atoms with Gasteiger partial charge in [0, 0.05) is 0 Å². The molecule has 0 unspecified atom stereocenters. The molecule has 0 saturated heterocycles. The Morgan fingerprint density at radius 3 is 2.29 bits per heavy atom. The van der Waals surface area contributed by atoms with E-state index in [0.29, 0.717) is 0 Å². The third-order valence-electron chi connectivity index (χ3n) is 0.797. The topological polar surface area (TPSA) is 9.23 Å². The van der Waals surface area contributed by atoms with Crippen LogP contribution in [0.3, 0.4) is 0 Å². The maximum atomic E-state index is 4.94. The molecule has 0 saturated carbocycles. The first kappa shape index (κ1) is 7.76. The number of hydrogen-bond donors (Lipinski definition) is 0. The Morgan fingerprint density at radius 1 is 1.57 bits per heavy atom. The van der Waals surface area contributed by atoms with Crippen molar-refractivity contribution in [3.8, 4) is 0 Å². The second kappa shape index (κ2) is 4.91. The molecule has 0 aromatic heterocycles. The van der Waals surface area contributed by atoms with Crippen molar-refractivity contribution in [2.75, 3.05) is 6.61 Å². The van der Waals surface area contributed by atoms with Crippen LogP contribution in [0.5, 0.6) is 0 Å². The van der Waals surface area contributed by atoms with Crippen molar-refractivity contribution >= 4 is 22.9 Å². The van der Waals surface area contributed by atoms with Crippen molar-refractivity contribution in [1.82, 2.24) is 0 Å². The Morgan fingerprint density at radius 2 is 2.14 bits per heavy atom. The van der Waals surface area contributed by atoms with Crippen LogP contribution in [0.15, 0.2) is 0 Å². The van der Waals surface area contributed by atoms with Gasteiger partial charge in [-0.15, -0.1) is 0 Å². The summed E-state index contributed by atoms with van der Waals surface area (Å²) in [6.45, 7) is 5.35. The first-order valence-corrected chi connectivity index (χ1v) is 3.72. The van der Waals surface area contributed by atoms with Gasteiger partial charge >= 0.3 is 58.8 Å². The fourth-order valence-corrected chi connectivity index (χ4v) is 0.631. The Hall–Kier alpha value is 0.759. The fraction of sp³-hybridized carbons (Fsp3) is 1.00. The zero-order valence-electron chi connectivity index (χ0n) is 4.90. The van der Waals surface area contributed by atoms with Gasteiger partial charge < -0.3 is 0 Å². The first-order valence-electron chi connectivity index (χ1n) is 2.56. The summed E-state index contributed by atoms with van der Waals surface area (Å²) in [6.07, 6.45) is 1.20. The van der Waals surface area contributed by atoms with Gasteiger partial charge in [-0.3, -0.25) is 0 Å². The van der Waals surface area contributed by atoms with E-state index in [1.165, 1.54) is 29.4 Å². The van der Waals surface area contributed by atoms with Gasteiger partial charge in [-0.25, -0.2) is 0 Å². The monoisotopic (exact) mass is 207 g/mol. The number of rotatable bonds is 3. The SMILES string of the molecule is CC(C)CC[O][Sn]. The molecule has 0 rings (SSSR count). The van der Waals surface area contributed by atoms with Crippen LogP contribution in [-0.2, 0) is 3.07 Å². The van der Waals surface area contributed by atoms with E-state index in [-0.39, 0.29) is 0 Å². The average Bonchev–Trinajstić information content (AvgIpc) is 1.61. The first-order chi connectivity index (χ1) is 3.27. The van der Waals surface area contributed by atoms with E-state index in [1.54, 1.807) is 0 Å². The molecule has 2 heteroatoms. The van der Waals surface area contributed by atoms with Gasteiger partial charge in [-0.2, -0.15) is 0 Å². The van der Waals surface area contributed by atoms with Gasteiger partial charge in [0.2, 0.25) is 0 Å². The molecule has 0 aliphatic heterocycles. The molecule has 41 valence electrons. The standard InChI is InChI=1S/C5H11O.Sn/c1-5(2)3-4-6;/h5H,3-4H2,1-2H3;/q-1;+1. The van der Waals surface area contributed by atoms with Crippen molar-refractivity contribution in [2.45, 2.75) is 20.3 Å². The van der Waals surface area contributed by atoms with E-state index in [0.717, 1.165) is 12.5 Å². The van der Waals surface area contributed by atoms with Crippen molar-refractivity contribution in [1.29, 1.82) is 0 Å². The minimum atomic E-state index is 0.792. The summed E-state index contributed by atoms with van der Waals surface area (Å²) < 4.78 is 4.94. The van der Waals surface area contributed by atoms with Gasteiger partial charge in [0.15, 0.2) is 0 Å². The second-order valence-electron chi connectivity index (χ2n) is 2.03. The third kappa shape index (κ3) is 6.76. The maximum absolute atomic E-state index is 4.94. The van der Waals surface area contributed by atoms with Crippen molar-refractivity contribution in [3.63, 3.8) is 0 Å². The predicted octanol–water partition coefficient (Wildman–Crippen LogP) is 1.13. The summed E-state index contributed by atoms with van der Waals surface area (Å²) in [5.41, 5.74) is 0. The molecule has 0 bridgehead atoms. The van der Waals surface area contributed by atoms with E-state index < -0.39 is 0 Å². The normalized spacial score (nSPS) is 10.3. The van der Waals surface area contributed by atoms with Gasteiger partial charge in [0.1, 0.15) is 0 Å². The van der Waals surface area contributed by atoms with Crippen LogP contribution < -0.4 is 0 Å². The van der Waals surface area contributed by atoms with E-state index >= 15 is 0 Å². The zero-order chi connectivity index (χ0) is 5.70. The third-order valence-corrected chi connectivity index (χ3v) is 1.38. The molecule has 7 heavy (non-hydrogen) atoms. The van der Waals surface area contributed by atoms with Crippen LogP contribution in [-0.4, -0.2) is 29.5 Å². The molecule has 0 aromatic carbocycles. The van der Waals surface area contributed by atoms with Crippen molar-refractivity contribution in [2.24, 2.45) is 5.92 Å². The van der Waals surface area contributed by atoms with Crippen LogP contribution in [0.1, 0.15) is 20.3 Å². The van der Waals surface area contributed by atoms with Gasteiger partial charge in [0.05, 0.1) is 0 Å². The predicted molar refractivity (Wildman–Crippen MR) is 31.2 cm³/mol. The van der Waals surface area contributed by atoms with Crippen LogP contribution >= 0.6 is 0 Å². The van der Waals surface area contributed by atoms with Crippen LogP contribution in [0.4, 0.5) is 0 Å². The zero-order valence-corrected chi connectivity index (χ0v) is 7.75. The van der Waals surface area contributed by atoms with Gasteiger partial charge in [0.25, 0.3) is 0 Å². The van der Waals surface area contributed by atoms with Crippen LogP contribution in [0.2, 0.25) is 0 Å². The van der Waals surface area contributed by atoms with Gasteiger partial charge in [-0.1, -0.05) is 0 Å². The molecule has 0 heterocycles. The molecule has 0 N–H and O–H groups in total. The molecule has 0 aliphatic carbocycles. The molecule has 0 aromatic rings. The van der Waals surface area contributed by atoms with E-state index in [1.807, 2.05) is 0 Å². The van der Waals surface area contributed by atoms with Crippen LogP contribution in [0, 0.1) is 5.92 Å². The summed E-state index contributed by atoms with van der Waals surface area (Å²) in [4.78, 5) is 0. The molecule has 0 amide bonds. The fourth-order valence-electron chi connectivity index (χ4n) is 0.295. The van der Waals surface area contributed by atoms with Crippen molar-refractivity contribution < 1.29 is 3.07 Å². The summed E-state index contributed by atoms with van der Waals surface area (Å²) in [5.74, 6) is 0.792. The molecule has 1 nitrogen and oxygen atoms in total. The molecule has 0 atom stereocenters. The molecular weight excluding hydrogens is 195 g/mol. The van der Waals surface area contributed by atoms with E-state index in [4.69, 9.17) is 3.07 Å². The van der Waals surface area contributed by atoms with Crippen molar-refractivity contribution in [3.05, 3.63) is 0 Å². The molecule has 0 spiro atoms. The minimum absolute atomic E-state index is 0.792. The number of hydrogen-bond acceptors (Lipinski definition) is 1. The Balaban J connectivity index is 2.68. The quantitative estimate of drug-likeness (QED) is 0.628. The molecule has 0 aliphatic rings. The van der Waals surface area contributed by atoms with E-state index in [2.05, 4.69) is 13.8 Å². The second-order valence-corrected chi connectivity index (χ2v) is 2.85. The Kier molecular flexibility index (Phi) is 5.44.